The molecule has 0 aromatic rings. The van der Waals surface area contributed by atoms with Crippen LogP contribution in [-0.2, 0) is 24.0 Å². The zero-order chi connectivity index (χ0) is 18.9. The fourth-order valence-corrected chi connectivity index (χ4v) is 1.58. The van der Waals surface area contributed by atoms with Crippen LogP contribution in [0.25, 0.3) is 0 Å². The molecule has 3 atom stereocenters. The number of aliphatic carboxylic acids is 1. The molecule has 12 heteroatoms. The minimum Gasteiger partial charge on any atom is -0.480 e. The number of amides is 4. The molecule has 0 radical (unpaired) electrons. The number of hydrogen-bond acceptors (Lipinski definition) is 7. The van der Waals surface area contributed by atoms with Crippen molar-refractivity contribution < 1.29 is 34.2 Å². The van der Waals surface area contributed by atoms with Gasteiger partial charge in [0.05, 0.1) is 19.1 Å². The predicted molar refractivity (Wildman–Crippen MR) is 78.8 cm³/mol. The first-order chi connectivity index (χ1) is 11.1. The second-order valence-corrected chi connectivity index (χ2v) is 4.93. The zero-order valence-corrected chi connectivity index (χ0v) is 12.7. The number of carboxylic acids is 1. The summed E-state index contributed by atoms with van der Waals surface area (Å²) in [7, 11) is 0. The molecule has 0 bridgehead atoms. The number of nitrogens with one attached hydrogen (secondary N) is 2. The second-order valence-electron chi connectivity index (χ2n) is 4.93. The molecule has 12 nitrogen and oxygen atoms in total. The van der Waals surface area contributed by atoms with Gasteiger partial charge >= 0.3 is 5.97 Å². The smallest absolute Gasteiger partial charge is 0.326 e. The molecular weight excluding hydrogens is 326 g/mol. The lowest BCUT2D eigenvalue weighted by molar-refractivity contribution is -0.144. The van der Waals surface area contributed by atoms with Crippen molar-refractivity contribution in [3.63, 3.8) is 0 Å². The number of nitrogens with two attached hydrogens (primary N) is 3. The Morgan fingerprint density at radius 2 is 1.46 bits per heavy atom. The van der Waals surface area contributed by atoms with Crippen LogP contribution in [0.15, 0.2) is 0 Å². The normalized spacial score (nSPS) is 14.1. The van der Waals surface area contributed by atoms with E-state index in [4.69, 9.17) is 27.4 Å². The van der Waals surface area contributed by atoms with Crippen LogP contribution in [0.4, 0.5) is 0 Å². The minimum absolute atomic E-state index is 0.0691. The summed E-state index contributed by atoms with van der Waals surface area (Å²) in [6.07, 6.45) is -0.879. The molecule has 0 aromatic heterocycles. The molecule has 0 fully saturated rings. The van der Waals surface area contributed by atoms with Crippen LogP contribution < -0.4 is 27.8 Å². The first-order valence-corrected chi connectivity index (χ1v) is 6.85. The number of primary amides is 2. The van der Waals surface area contributed by atoms with E-state index in [1.165, 1.54) is 0 Å². The lowest BCUT2D eigenvalue weighted by atomic mass is 10.1. The molecule has 0 aliphatic rings. The Morgan fingerprint density at radius 1 is 0.917 bits per heavy atom. The topological polar surface area (TPSA) is 228 Å². The Labute approximate surface area is 136 Å². The van der Waals surface area contributed by atoms with Gasteiger partial charge in [0.25, 0.3) is 0 Å². The Bertz CT molecular complexity index is 510. The number of hydrogen-bond donors (Lipinski definition) is 7. The fourth-order valence-electron chi connectivity index (χ4n) is 1.58. The highest BCUT2D eigenvalue weighted by molar-refractivity contribution is 5.93. The van der Waals surface area contributed by atoms with E-state index in [1.807, 2.05) is 5.32 Å². The fraction of sp³-hybridized carbons (Fsp3) is 0.583. The summed E-state index contributed by atoms with van der Waals surface area (Å²) in [5.41, 5.74) is 15.3. The molecule has 0 unspecified atom stereocenters. The molecule has 10 N–H and O–H groups in total. The highest BCUT2D eigenvalue weighted by Crippen LogP contribution is 1.97. The maximum absolute atomic E-state index is 11.9. The van der Waals surface area contributed by atoms with E-state index in [9.17, 15) is 24.0 Å². The number of carboxylic acid groups (broad SMARTS) is 1. The van der Waals surface area contributed by atoms with Gasteiger partial charge < -0.3 is 38.0 Å². The lowest BCUT2D eigenvalue weighted by Gasteiger charge is -2.21. The zero-order valence-electron chi connectivity index (χ0n) is 12.7. The van der Waals surface area contributed by atoms with Crippen molar-refractivity contribution in [2.45, 2.75) is 37.4 Å². The highest BCUT2D eigenvalue weighted by Gasteiger charge is 2.28. The van der Waals surface area contributed by atoms with Gasteiger partial charge in [-0.15, -0.1) is 0 Å². The van der Waals surface area contributed by atoms with Crippen molar-refractivity contribution in [1.29, 1.82) is 0 Å². The summed E-state index contributed by atoms with van der Waals surface area (Å²) in [6, 6.07) is -4.25. The molecule has 0 spiro atoms. The molecule has 4 amide bonds. The van der Waals surface area contributed by atoms with E-state index >= 15 is 0 Å². The first-order valence-electron chi connectivity index (χ1n) is 6.85. The van der Waals surface area contributed by atoms with Gasteiger partial charge in [0.2, 0.25) is 23.6 Å². The molecule has 0 aliphatic carbocycles. The maximum Gasteiger partial charge on any atom is 0.326 e. The molecule has 24 heavy (non-hydrogen) atoms. The Hall–Kier alpha value is -2.73. The summed E-state index contributed by atoms with van der Waals surface area (Å²) in [5, 5.41) is 22.1. The van der Waals surface area contributed by atoms with Crippen molar-refractivity contribution >= 4 is 29.6 Å². The quantitative estimate of drug-likeness (QED) is 0.192. The SMILES string of the molecule is NC(=O)CC[C@H](N)C(=O)N[C@@H](CO)C(=O)N[C@@H](CC(N)=O)C(=O)O. The van der Waals surface area contributed by atoms with Crippen molar-refractivity contribution in [2.24, 2.45) is 17.2 Å². The van der Waals surface area contributed by atoms with Gasteiger partial charge in [-0.3, -0.25) is 19.2 Å². The van der Waals surface area contributed by atoms with Gasteiger partial charge in [-0.1, -0.05) is 0 Å². The maximum atomic E-state index is 11.9. The molecule has 0 saturated carbocycles. The summed E-state index contributed by atoms with van der Waals surface area (Å²) in [4.78, 5) is 55.9. The third kappa shape index (κ3) is 8.05. The average molecular weight is 347 g/mol. The lowest BCUT2D eigenvalue weighted by Crippen LogP contribution is -2.56. The molecular formula is C12H21N5O7. The van der Waals surface area contributed by atoms with Crippen molar-refractivity contribution in [2.75, 3.05) is 6.61 Å². The van der Waals surface area contributed by atoms with E-state index in [0.29, 0.717) is 0 Å². The number of carbonyl (C=O) groups excluding carboxylic acids is 4. The van der Waals surface area contributed by atoms with E-state index in [1.54, 1.807) is 0 Å². The van der Waals surface area contributed by atoms with Gasteiger partial charge in [0, 0.05) is 6.42 Å². The third-order valence-electron chi connectivity index (χ3n) is 2.87. The van der Waals surface area contributed by atoms with E-state index in [-0.39, 0.29) is 12.8 Å². The summed E-state index contributed by atoms with van der Waals surface area (Å²) < 4.78 is 0. The second kappa shape index (κ2) is 10.1. The van der Waals surface area contributed by atoms with Crippen molar-refractivity contribution in [1.82, 2.24) is 10.6 Å². The first kappa shape index (κ1) is 21.3. The van der Waals surface area contributed by atoms with Gasteiger partial charge in [-0.2, -0.15) is 0 Å². The highest BCUT2D eigenvalue weighted by atomic mass is 16.4. The van der Waals surface area contributed by atoms with Crippen LogP contribution >= 0.6 is 0 Å². The molecule has 0 saturated heterocycles. The van der Waals surface area contributed by atoms with E-state index in [2.05, 4.69) is 5.32 Å². The van der Waals surface area contributed by atoms with Gasteiger partial charge in [-0.25, -0.2) is 4.79 Å². The van der Waals surface area contributed by atoms with E-state index in [0.717, 1.165) is 0 Å². The standard InChI is InChI=1S/C12H21N5O7/c13-5(1-2-8(14)19)10(21)17-7(4-18)11(22)16-6(12(23)24)3-9(15)20/h5-7,18H,1-4,13H2,(H2,14,19)(H2,15,20)(H,16,22)(H,17,21)(H,23,24)/t5-,6-,7-/m0/s1. The number of aliphatic hydroxyl groups is 1. The van der Waals surface area contributed by atoms with Crippen LogP contribution in [0.3, 0.4) is 0 Å². The summed E-state index contributed by atoms with van der Waals surface area (Å²) >= 11 is 0. The van der Waals surface area contributed by atoms with Crippen LogP contribution in [0.2, 0.25) is 0 Å². The summed E-state index contributed by atoms with van der Waals surface area (Å²) in [6.45, 7) is -0.844. The van der Waals surface area contributed by atoms with Crippen LogP contribution in [0.5, 0.6) is 0 Å². The molecule has 0 aromatic carbocycles. The van der Waals surface area contributed by atoms with Crippen LogP contribution in [0.1, 0.15) is 19.3 Å². The molecule has 0 rings (SSSR count). The Morgan fingerprint density at radius 3 is 1.88 bits per heavy atom. The molecule has 0 heterocycles. The van der Waals surface area contributed by atoms with Crippen molar-refractivity contribution in [3.8, 4) is 0 Å². The third-order valence-corrected chi connectivity index (χ3v) is 2.87. The Balaban J connectivity index is 4.73. The Kier molecular flexibility index (Phi) is 8.97. The van der Waals surface area contributed by atoms with Crippen LogP contribution in [-0.4, -0.2) is 64.5 Å². The van der Waals surface area contributed by atoms with Gasteiger partial charge in [-0.05, 0) is 6.42 Å². The number of rotatable bonds is 11. The van der Waals surface area contributed by atoms with E-state index < -0.39 is 60.8 Å². The largest absolute Gasteiger partial charge is 0.480 e. The molecule has 136 valence electrons. The average Bonchev–Trinajstić information content (AvgIpc) is 2.48. The summed E-state index contributed by atoms with van der Waals surface area (Å²) in [5.74, 6) is -5.01. The minimum atomic E-state index is -1.61. The van der Waals surface area contributed by atoms with Crippen LogP contribution in [0, 0.1) is 0 Å². The molecule has 0 aliphatic heterocycles. The van der Waals surface area contributed by atoms with Gasteiger partial charge in [0.1, 0.15) is 12.1 Å². The van der Waals surface area contributed by atoms with Gasteiger partial charge in [0.15, 0.2) is 0 Å². The monoisotopic (exact) mass is 347 g/mol. The number of aliphatic hydroxyl groups excluding tert-OH is 1. The predicted octanol–water partition coefficient (Wildman–Crippen LogP) is -4.50. The van der Waals surface area contributed by atoms with Crippen molar-refractivity contribution in [3.05, 3.63) is 0 Å². The number of carbonyl (C=O) groups is 5.